The molecule has 0 rings (SSSR count). The maximum Gasteiger partial charge on any atom is 0.220 e. The number of rotatable bonds is 44. The number of allylic oxidation sites excluding steroid dienone is 3. The fourth-order valence-electron chi connectivity index (χ4n) is 7.49. The molecule has 0 aliphatic carbocycles. The summed E-state index contributed by atoms with van der Waals surface area (Å²) in [5.41, 5.74) is 0. The first-order chi connectivity index (χ1) is 26.2. The molecule has 314 valence electrons. The molecule has 2 unspecified atom stereocenters. The zero-order valence-corrected chi connectivity index (χ0v) is 36.1. The van der Waals surface area contributed by atoms with Crippen molar-refractivity contribution in [3.63, 3.8) is 0 Å². The van der Waals surface area contributed by atoms with Gasteiger partial charge in [0.25, 0.3) is 0 Å². The number of hydrogen-bond acceptors (Lipinski definition) is 3. The summed E-state index contributed by atoms with van der Waals surface area (Å²) >= 11 is 0. The average Bonchev–Trinajstić information content (AvgIpc) is 3.16. The summed E-state index contributed by atoms with van der Waals surface area (Å²) in [6, 6.07) is -0.635. The van der Waals surface area contributed by atoms with E-state index in [0.29, 0.717) is 6.42 Å². The number of carbonyl (C=O) groups is 1. The third-order valence-electron chi connectivity index (χ3n) is 11.2. The Balaban J connectivity index is 3.54. The highest BCUT2D eigenvalue weighted by Crippen LogP contribution is 2.16. The van der Waals surface area contributed by atoms with Crippen LogP contribution in [0, 0.1) is 0 Å². The second-order valence-electron chi connectivity index (χ2n) is 16.5. The maximum atomic E-state index is 12.4. The lowest BCUT2D eigenvalue weighted by atomic mass is 10.0. The number of nitrogens with one attached hydrogen (secondary N) is 1. The second-order valence-corrected chi connectivity index (χ2v) is 16.5. The van der Waals surface area contributed by atoms with Gasteiger partial charge in [0.05, 0.1) is 18.8 Å². The van der Waals surface area contributed by atoms with E-state index in [9.17, 15) is 15.0 Å². The molecule has 1 amide bonds. The van der Waals surface area contributed by atoms with Gasteiger partial charge in [-0.1, -0.05) is 250 Å². The predicted octanol–water partition coefficient (Wildman–Crippen LogP) is 15.2. The van der Waals surface area contributed by atoms with E-state index in [1.165, 1.54) is 212 Å². The van der Waals surface area contributed by atoms with Crippen LogP contribution < -0.4 is 5.32 Å². The summed E-state index contributed by atoms with van der Waals surface area (Å²) in [6.07, 6.45) is 58.8. The van der Waals surface area contributed by atoms with Crippen molar-refractivity contribution in [2.75, 3.05) is 6.61 Å². The molecule has 0 aromatic heterocycles. The molecule has 0 fully saturated rings. The maximum absolute atomic E-state index is 12.4. The standard InChI is InChI=1S/C49H95NO3/c1-3-5-7-9-11-13-15-17-19-21-22-23-24-25-26-27-28-29-30-32-34-36-38-40-42-44-48(52)47(46-51)50-49(53)45-43-41-39-37-35-33-31-20-18-16-14-12-10-8-6-4-2/h34,36,42,44,47-48,51-52H,3-33,35,37-41,43,45-46H2,1-2H3,(H,50,53)/b36-34+,44-42+. The molecule has 0 saturated heterocycles. The van der Waals surface area contributed by atoms with Gasteiger partial charge in [-0.2, -0.15) is 0 Å². The third-order valence-corrected chi connectivity index (χ3v) is 11.2. The lowest BCUT2D eigenvalue weighted by Crippen LogP contribution is -2.45. The molecule has 0 bridgehead atoms. The van der Waals surface area contributed by atoms with Gasteiger partial charge in [-0.3, -0.25) is 4.79 Å². The first kappa shape index (κ1) is 51.9. The SMILES string of the molecule is CCCCCCCCCCCCCCCCCCCCC/C=C/CC/C=C/C(O)C(CO)NC(=O)CCCCCCCCCCCCCCCCCC. The molecule has 4 nitrogen and oxygen atoms in total. The normalized spacial score (nSPS) is 13.1. The lowest BCUT2D eigenvalue weighted by molar-refractivity contribution is -0.123. The molecule has 0 aromatic rings. The van der Waals surface area contributed by atoms with Gasteiger partial charge in [-0.15, -0.1) is 0 Å². The number of carbonyl (C=O) groups excluding carboxylic acids is 1. The minimum absolute atomic E-state index is 0.0698. The Bertz CT molecular complexity index is 765. The number of unbranched alkanes of at least 4 members (excludes halogenated alkanes) is 35. The highest BCUT2D eigenvalue weighted by molar-refractivity contribution is 5.76. The molecule has 0 aliphatic heterocycles. The zero-order chi connectivity index (χ0) is 38.6. The summed E-state index contributed by atoms with van der Waals surface area (Å²) in [6.45, 7) is 4.32. The van der Waals surface area contributed by atoms with Crippen LogP contribution in [0.1, 0.15) is 264 Å². The van der Waals surface area contributed by atoms with E-state index in [1.54, 1.807) is 6.08 Å². The van der Waals surface area contributed by atoms with Gasteiger partial charge in [0, 0.05) is 6.42 Å². The highest BCUT2D eigenvalue weighted by Gasteiger charge is 2.17. The first-order valence-electron chi connectivity index (χ1n) is 24.1. The van der Waals surface area contributed by atoms with Crippen molar-refractivity contribution in [2.24, 2.45) is 0 Å². The van der Waals surface area contributed by atoms with E-state index in [2.05, 4.69) is 31.3 Å². The molecule has 3 N–H and O–H groups in total. The van der Waals surface area contributed by atoms with Gasteiger partial charge in [0.15, 0.2) is 0 Å². The Kier molecular flexibility index (Phi) is 44.3. The Morgan fingerprint density at radius 3 is 1.09 bits per heavy atom. The van der Waals surface area contributed by atoms with E-state index >= 15 is 0 Å². The fourth-order valence-corrected chi connectivity index (χ4v) is 7.49. The summed E-state index contributed by atoms with van der Waals surface area (Å²) in [5, 5.41) is 23.0. The monoisotopic (exact) mass is 746 g/mol. The molecule has 0 radical (unpaired) electrons. The average molecular weight is 746 g/mol. The summed E-state index contributed by atoms with van der Waals surface area (Å²) in [7, 11) is 0. The van der Waals surface area contributed by atoms with Gasteiger partial charge in [0.1, 0.15) is 0 Å². The Morgan fingerprint density at radius 1 is 0.434 bits per heavy atom. The van der Waals surface area contributed by atoms with E-state index in [-0.39, 0.29) is 12.5 Å². The van der Waals surface area contributed by atoms with Gasteiger partial charge in [0.2, 0.25) is 5.91 Å². The minimum Gasteiger partial charge on any atom is -0.394 e. The number of aliphatic hydroxyl groups excluding tert-OH is 2. The van der Waals surface area contributed by atoms with Crippen molar-refractivity contribution in [2.45, 2.75) is 276 Å². The van der Waals surface area contributed by atoms with Crippen LogP contribution in [0.4, 0.5) is 0 Å². The molecule has 0 saturated carbocycles. The van der Waals surface area contributed by atoms with Gasteiger partial charge < -0.3 is 15.5 Å². The topological polar surface area (TPSA) is 69.6 Å². The van der Waals surface area contributed by atoms with Crippen LogP contribution in [0.5, 0.6) is 0 Å². The molecule has 0 heterocycles. The fraction of sp³-hybridized carbons (Fsp3) is 0.898. The number of aliphatic hydroxyl groups is 2. The number of amides is 1. The third kappa shape index (κ3) is 41.9. The summed E-state index contributed by atoms with van der Waals surface area (Å²) < 4.78 is 0. The van der Waals surface area contributed by atoms with E-state index in [1.807, 2.05) is 6.08 Å². The van der Waals surface area contributed by atoms with Crippen LogP contribution in [0.2, 0.25) is 0 Å². The van der Waals surface area contributed by atoms with Crippen LogP contribution in [0.3, 0.4) is 0 Å². The molecular formula is C49H95NO3. The lowest BCUT2D eigenvalue weighted by Gasteiger charge is -2.19. The van der Waals surface area contributed by atoms with Gasteiger partial charge in [-0.25, -0.2) is 0 Å². The highest BCUT2D eigenvalue weighted by atomic mass is 16.3. The van der Waals surface area contributed by atoms with Crippen molar-refractivity contribution < 1.29 is 15.0 Å². The molecule has 53 heavy (non-hydrogen) atoms. The van der Waals surface area contributed by atoms with Crippen LogP contribution in [0.25, 0.3) is 0 Å². The smallest absolute Gasteiger partial charge is 0.220 e. The van der Waals surface area contributed by atoms with Crippen molar-refractivity contribution in [1.82, 2.24) is 5.32 Å². The Labute approximate surface area is 332 Å². The molecule has 4 heteroatoms. The van der Waals surface area contributed by atoms with Crippen LogP contribution in [-0.4, -0.2) is 34.9 Å². The molecule has 0 spiro atoms. The van der Waals surface area contributed by atoms with Gasteiger partial charge >= 0.3 is 0 Å². The predicted molar refractivity (Wildman–Crippen MR) is 235 cm³/mol. The Morgan fingerprint density at radius 2 is 0.736 bits per heavy atom. The Hall–Kier alpha value is -1.13. The number of hydrogen-bond donors (Lipinski definition) is 3. The zero-order valence-electron chi connectivity index (χ0n) is 36.1. The quantitative estimate of drug-likeness (QED) is 0.0430. The van der Waals surface area contributed by atoms with E-state index < -0.39 is 12.1 Å². The van der Waals surface area contributed by atoms with Crippen molar-refractivity contribution >= 4 is 5.91 Å². The van der Waals surface area contributed by atoms with Crippen molar-refractivity contribution in [1.29, 1.82) is 0 Å². The minimum atomic E-state index is -0.858. The largest absolute Gasteiger partial charge is 0.394 e. The molecule has 2 atom stereocenters. The second kappa shape index (κ2) is 45.3. The van der Waals surface area contributed by atoms with Crippen LogP contribution in [0.15, 0.2) is 24.3 Å². The van der Waals surface area contributed by atoms with Crippen molar-refractivity contribution in [3.8, 4) is 0 Å². The first-order valence-corrected chi connectivity index (χ1v) is 24.1. The molecule has 0 aromatic carbocycles. The van der Waals surface area contributed by atoms with Crippen molar-refractivity contribution in [3.05, 3.63) is 24.3 Å². The van der Waals surface area contributed by atoms with E-state index in [0.717, 1.165) is 32.1 Å². The summed E-state index contributed by atoms with van der Waals surface area (Å²) in [5.74, 6) is -0.0698. The molecule has 0 aliphatic rings. The summed E-state index contributed by atoms with van der Waals surface area (Å²) in [4.78, 5) is 12.4. The molecular weight excluding hydrogens is 651 g/mol. The van der Waals surface area contributed by atoms with E-state index in [4.69, 9.17) is 0 Å². The van der Waals surface area contributed by atoms with Gasteiger partial charge in [-0.05, 0) is 32.1 Å². The van der Waals surface area contributed by atoms with Crippen LogP contribution >= 0.6 is 0 Å². The van der Waals surface area contributed by atoms with Crippen LogP contribution in [-0.2, 0) is 4.79 Å².